The zero-order valence-electron chi connectivity index (χ0n) is 11.3. The van der Waals surface area contributed by atoms with Crippen molar-refractivity contribution in [3.8, 4) is 0 Å². The third kappa shape index (κ3) is 6.40. The van der Waals surface area contributed by atoms with E-state index in [9.17, 15) is 8.42 Å². The second-order valence-corrected chi connectivity index (χ2v) is 7.18. The highest BCUT2D eigenvalue weighted by atomic mass is 35.5. The maximum absolute atomic E-state index is 11.9. The summed E-state index contributed by atoms with van der Waals surface area (Å²) in [5.74, 6) is 0.549. The molecule has 0 spiro atoms. The van der Waals surface area contributed by atoms with Crippen molar-refractivity contribution in [1.82, 2.24) is 10.0 Å². The van der Waals surface area contributed by atoms with Crippen LogP contribution in [0.4, 0.5) is 0 Å². The van der Waals surface area contributed by atoms with Gasteiger partial charge in [0.2, 0.25) is 10.0 Å². The molecule has 2 unspecified atom stereocenters. The van der Waals surface area contributed by atoms with Crippen molar-refractivity contribution in [2.24, 2.45) is 5.92 Å². The molecule has 2 rings (SSSR count). The Morgan fingerprint density at radius 1 is 1.21 bits per heavy atom. The van der Waals surface area contributed by atoms with Crippen LogP contribution in [-0.2, 0) is 14.8 Å². The average Bonchev–Trinajstić information content (AvgIpc) is 2.38. The molecule has 0 aromatic heterocycles. The van der Waals surface area contributed by atoms with E-state index in [-0.39, 0.29) is 24.3 Å². The molecule has 2 heterocycles. The molecule has 2 aliphatic rings. The topological polar surface area (TPSA) is 67.4 Å². The van der Waals surface area contributed by atoms with Gasteiger partial charge in [-0.3, -0.25) is 0 Å². The average molecular weight is 313 g/mol. The fourth-order valence-electron chi connectivity index (χ4n) is 2.59. The second kappa shape index (κ2) is 8.42. The molecule has 2 fully saturated rings. The fraction of sp³-hybridized carbons (Fsp3) is 1.00. The summed E-state index contributed by atoms with van der Waals surface area (Å²) in [6.07, 6.45) is 5.13. The van der Waals surface area contributed by atoms with Gasteiger partial charge in [-0.25, -0.2) is 13.1 Å². The van der Waals surface area contributed by atoms with Crippen LogP contribution in [0.2, 0.25) is 0 Å². The quantitative estimate of drug-likeness (QED) is 0.791. The van der Waals surface area contributed by atoms with Gasteiger partial charge in [0.1, 0.15) is 0 Å². The number of piperidine rings is 1. The van der Waals surface area contributed by atoms with Crippen LogP contribution in [0.25, 0.3) is 0 Å². The van der Waals surface area contributed by atoms with Crippen LogP contribution in [-0.4, -0.2) is 46.5 Å². The van der Waals surface area contributed by atoms with Crippen LogP contribution in [0, 0.1) is 5.92 Å². The number of ether oxygens (including phenoxy) is 1. The highest BCUT2D eigenvalue weighted by Gasteiger charge is 2.23. The SMILES string of the molecule is Cl.O=S(=O)(CC1CCCCO1)NCC1CCCNC1. The summed E-state index contributed by atoms with van der Waals surface area (Å²) in [5.41, 5.74) is 0. The van der Waals surface area contributed by atoms with Crippen LogP contribution in [0.15, 0.2) is 0 Å². The van der Waals surface area contributed by atoms with E-state index >= 15 is 0 Å². The van der Waals surface area contributed by atoms with E-state index in [4.69, 9.17) is 4.74 Å². The highest BCUT2D eigenvalue weighted by Crippen LogP contribution is 2.14. The first-order valence-electron chi connectivity index (χ1n) is 6.95. The Labute approximate surface area is 122 Å². The molecule has 114 valence electrons. The highest BCUT2D eigenvalue weighted by molar-refractivity contribution is 7.89. The zero-order chi connectivity index (χ0) is 12.8. The van der Waals surface area contributed by atoms with Gasteiger partial charge in [0, 0.05) is 13.2 Å². The van der Waals surface area contributed by atoms with Gasteiger partial charge in [0.15, 0.2) is 0 Å². The summed E-state index contributed by atoms with van der Waals surface area (Å²) in [6.45, 7) is 3.23. The lowest BCUT2D eigenvalue weighted by Crippen LogP contribution is -2.41. The van der Waals surface area contributed by atoms with Gasteiger partial charge in [0.25, 0.3) is 0 Å². The summed E-state index contributed by atoms with van der Waals surface area (Å²) in [6, 6.07) is 0. The Balaban J connectivity index is 0.00000180. The van der Waals surface area contributed by atoms with Crippen LogP contribution >= 0.6 is 12.4 Å². The van der Waals surface area contributed by atoms with E-state index in [1.807, 2.05) is 0 Å². The Morgan fingerprint density at radius 3 is 2.68 bits per heavy atom. The number of nitrogens with one attached hydrogen (secondary N) is 2. The fourth-order valence-corrected chi connectivity index (χ4v) is 3.95. The standard InChI is InChI=1S/C12H24N2O3S.ClH/c15-18(16,10-12-5-1-2-7-17-12)14-9-11-4-3-6-13-8-11;/h11-14H,1-10H2;1H. The van der Waals surface area contributed by atoms with Gasteiger partial charge in [-0.2, -0.15) is 0 Å². The normalized spacial score (nSPS) is 28.6. The molecule has 19 heavy (non-hydrogen) atoms. The first kappa shape index (κ1) is 17.2. The van der Waals surface area contributed by atoms with E-state index < -0.39 is 10.0 Å². The second-order valence-electron chi connectivity index (χ2n) is 5.33. The van der Waals surface area contributed by atoms with Crippen molar-refractivity contribution >= 4 is 22.4 Å². The summed E-state index contributed by atoms with van der Waals surface area (Å²) >= 11 is 0. The van der Waals surface area contributed by atoms with Crippen molar-refractivity contribution in [3.05, 3.63) is 0 Å². The molecule has 0 radical (unpaired) electrons. The minimum Gasteiger partial charge on any atom is -0.377 e. The monoisotopic (exact) mass is 312 g/mol. The Hall–Kier alpha value is 0.120. The molecule has 0 bridgehead atoms. The molecule has 2 atom stereocenters. The maximum atomic E-state index is 11.9. The summed E-state index contributed by atoms with van der Waals surface area (Å²) in [4.78, 5) is 0. The summed E-state index contributed by atoms with van der Waals surface area (Å²) < 4.78 is 32.1. The molecule has 2 N–H and O–H groups in total. The number of hydrogen-bond donors (Lipinski definition) is 2. The molecule has 0 aliphatic carbocycles. The van der Waals surface area contributed by atoms with Crippen molar-refractivity contribution in [3.63, 3.8) is 0 Å². The lowest BCUT2D eigenvalue weighted by molar-refractivity contribution is 0.0304. The number of hydrogen-bond acceptors (Lipinski definition) is 4. The van der Waals surface area contributed by atoms with Gasteiger partial charge in [-0.15, -0.1) is 12.4 Å². The molecular formula is C12H25ClN2O3S. The molecule has 0 amide bonds. The maximum Gasteiger partial charge on any atom is 0.214 e. The molecular weight excluding hydrogens is 288 g/mol. The predicted octanol–water partition coefficient (Wildman–Crippen LogP) is 0.896. The number of halogens is 1. The third-order valence-corrected chi connectivity index (χ3v) is 5.09. The largest absolute Gasteiger partial charge is 0.377 e. The summed E-state index contributed by atoms with van der Waals surface area (Å²) in [7, 11) is -3.18. The van der Waals surface area contributed by atoms with Crippen molar-refractivity contribution in [2.75, 3.05) is 32.0 Å². The number of sulfonamides is 1. The smallest absolute Gasteiger partial charge is 0.214 e. The number of rotatable bonds is 5. The van der Waals surface area contributed by atoms with E-state index in [0.29, 0.717) is 19.1 Å². The molecule has 0 aromatic carbocycles. The van der Waals surface area contributed by atoms with E-state index in [2.05, 4.69) is 10.0 Å². The van der Waals surface area contributed by atoms with E-state index in [0.717, 1.165) is 45.2 Å². The van der Waals surface area contributed by atoms with Gasteiger partial charge < -0.3 is 10.1 Å². The van der Waals surface area contributed by atoms with E-state index in [1.54, 1.807) is 0 Å². The predicted molar refractivity (Wildman–Crippen MR) is 78.2 cm³/mol. The van der Waals surface area contributed by atoms with Gasteiger partial charge >= 0.3 is 0 Å². The van der Waals surface area contributed by atoms with Crippen LogP contribution in [0.1, 0.15) is 32.1 Å². The van der Waals surface area contributed by atoms with Gasteiger partial charge in [-0.1, -0.05) is 0 Å². The molecule has 0 aromatic rings. The molecule has 0 saturated carbocycles. The third-order valence-electron chi connectivity index (χ3n) is 3.67. The lowest BCUT2D eigenvalue weighted by atomic mass is 10.0. The first-order valence-corrected chi connectivity index (χ1v) is 8.60. The first-order chi connectivity index (χ1) is 8.66. The summed E-state index contributed by atoms with van der Waals surface area (Å²) in [5, 5.41) is 3.29. The van der Waals surface area contributed by atoms with Crippen LogP contribution in [0.3, 0.4) is 0 Å². The Morgan fingerprint density at radius 2 is 2.05 bits per heavy atom. The van der Waals surface area contributed by atoms with Crippen LogP contribution < -0.4 is 10.0 Å². The van der Waals surface area contributed by atoms with Crippen molar-refractivity contribution in [2.45, 2.75) is 38.2 Å². The van der Waals surface area contributed by atoms with Crippen LogP contribution in [0.5, 0.6) is 0 Å². The molecule has 7 heteroatoms. The van der Waals surface area contributed by atoms with E-state index in [1.165, 1.54) is 0 Å². The minimum absolute atomic E-state index is 0. The van der Waals surface area contributed by atoms with Crippen molar-refractivity contribution in [1.29, 1.82) is 0 Å². The van der Waals surface area contributed by atoms with Gasteiger partial charge in [-0.05, 0) is 51.1 Å². The zero-order valence-corrected chi connectivity index (χ0v) is 12.9. The molecule has 2 saturated heterocycles. The molecule has 2 aliphatic heterocycles. The minimum atomic E-state index is -3.18. The van der Waals surface area contributed by atoms with Crippen molar-refractivity contribution < 1.29 is 13.2 Å². The molecule has 5 nitrogen and oxygen atoms in total. The Bertz CT molecular complexity index is 339. The Kier molecular flexibility index (Phi) is 7.61. The lowest BCUT2D eigenvalue weighted by Gasteiger charge is -2.25. The van der Waals surface area contributed by atoms with Gasteiger partial charge in [0.05, 0.1) is 11.9 Å².